The van der Waals surface area contributed by atoms with E-state index in [9.17, 15) is 9.90 Å². The Labute approximate surface area is 85.8 Å². The molecule has 0 unspecified atom stereocenters. The van der Waals surface area contributed by atoms with Crippen molar-refractivity contribution >= 4 is 0 Å². The van der Waals surface area contributed by atoms with Crippen molar-refractivity contribution in [1.82, 2.24) is 9.55 Å². The van der Waals surface area contributed by atoms with E-state index in [2.05, 4.69) is 4.98 Å². The van der Waals surface area contributed by atoms with Gasteiger partial charge in [0, 0.05) is 18.8 Å². The average molecular weight is 212 g/mol. The van der Waals surface area contributed by atoms with Crippen molar-refractivity contribution in [2.45, 2.75) is 24.9 Å². The number of aliphatic hydroxyl groups excluding tert-OH is 2. The Kier molecular flexibility index (Phi) is 2.81. The standard InChI is InChI=1S/C9H12N2O4/c12-5-7-6(13)4-8(15-7)11-3-1-2-10-9(11)14/h1-3,6-8,12-13H,4-5H2/t6-,7+,8-/m0/s1. The molecule has 3 atom stereocenters. The molecule has 0 aromatic carbocycles. The van der Waals surface area contributed by atoms with Gasteiger partial charge in [0.1, 0.15) is 12.3 Å². The minimum absolute atomic E-state index is 0.257. The Morgan fingerprint density at radius 1 is 1.67 bits per heavy atom. The van der Waals surface area contributed by atoms with Crippen LogP contribution in [-0.2, 0) is 4.74 Å². The van der Waals surface area contributed by atoms with Crippen LogP contribution in [0.2, 0.25) is 0 Å². The fourth-order valence-electron chi connectivity index (χ4n) is 1.64. The van der Waals surface area contributed by atoms with Crippen LogP contribution in [-0.4, -0.2) is 38.6 Å². The summed E-state index contributed by atoms with van der Waals surface area (Å²) in [7, 11) is 0. The Morgan fingerprint density at radius 3 is 3.07 bits per heavy atom. The first-order valence-corrected chi connectivity index (χ1v) is 4.70. The highest BCUT2D eigenvalue weighted by Crippen LogP contribution is 2.26. The predicted molar refractivity (Wildman–Crippen MR) is 50.1 cm³/mol. The van der Waals surface area contributed by atoms with Gasteiger partial charge in [0.05, 0.1) is 12.7 Å². The van der Waals surface area contributed by atoms with E-state index in [1.165, 1.54) is 10.8 Å². The third-order valence-electron chi connectivity index (χ3n) is 2.43. The topological polar surface area (TPSA) is 84.6 Å². The molecule has 1 aliphatic heterocycles. The van der Waals surface area contributed by atoms with Gasteiger partial charge in [-0.2, -0.15) is 0 Å². The van der Waals surface area contributed by atoms with Crippen molar-refractivity contribution in [3.63, 3.8) is 0 Å². The van der Waals surface area contributed by atoms with Gasteiger partial charge < -0.3 is 14.9 Å². The molecule has 0 amide bonds. The minimum Gasteiger partial charge on any atom is -0.394 e. The average Bonchev–Trinajstić information content (AvgIpc) is 2.60. The summed E-state index contributed by atoms with van der Waals surface area (Å²) in [5, 5.41) is 18.4. The third kappa shape index (κ3) is 1.92. The van der Waals surface area contributed by atoms with Crippen LogP contribution in [0.5, 0.6) is 0 Å². The number of ether oxygens (including phenoxy) is 1. The maximum absolute atomic E-state index is 11.3. The summed E-state index contributed by atoms with van der Waals surface area (Å²) in [6, 6.07) is 1.61. The molecule has 1 fully saturated rings. The number of hydrogen-bond donors (Lipinski definition) is 2. The Balaban J connectivity index is 2.21. The molecule has 1 aromatic rings. The second-order valence-electron chi connectivity index (χ2n) is 3.42. The normalized spacial score (nSPS) is 30.7. The lowest BCUT2D eigenvalue weighted by molar-refractivity contribution is -0.0458. The third-order valence-corrected chi connectivity index (χ3v) is 2.43. The fourth-order valence-corrected chi connectivity index (χ4v) is 1.64. The van der Waals surface area contributed by atoms with Crippen LogP contribution < -0.4 is 5.69 Å². The van der Waals surface area contributed by atoms with Gasteiger partial charge in [-0.15, -0.1) is 0 Å². The van der Waals surface area contributed by atoms with Gasteiger partial charge in [-0.05, 0) is 6.07 Å². The number of rotatable bonds is 2. The molecule has 15 heavy (non-hydrogen) atoms. The van der Waals surface area contributed by atoms with Crippen LogP contribution >= 0.6 is 0 Å². The smallest absolute Gasteiger partial charge is 0.349 e. The van der Waals surface area contributed by atoms with Gasteiger partial charge in [-0.3, -0.25) is 4.57 Å². The zero-order chi connectivity index (χ0) is 10.8. The molecule has 0 saturated carbocycles. The summed E-state index contributed by atoms with van der Waals surface area (Å²) < 4.78 is 6.62. The van der Waals surface area contributed by atoms with E-state index in [-0.39, 0.29) is 13.0 Å². The zero-order valence-electron chi connectivity index (χ0n) is 7.98. The maximum atomic E-state index is 11.3. The van der Waals surface area contributed by atoms with E-state index in [1.54, 1.807) is 12.3 Å². The van der Waals surface area contributed by atoms with E-state index in [0.29, 0.717) is 0 Å². The molecule has 0 aliphatic carbocycles. The molecule has 2 rings (SSSR count). The van der Waals surface area contributed by atoms with Crippen molar-refractivity contribution in [2.24, 2.45) is 0 Å². The highest BCUT2D eigenvalue weighted by molar-refractivity contribution is 4.87. The van der Waals surface area contributed by atoms with Gasteiger partial charge >= 0.3 is 5.69 Å². The van der Waals surface area contributed by atoms with Crippen LogP contribution in [0.15, 0.2) is 23.3 Å². The zero-order valence-corrected chi connectivity index (χ0v) is 7.98. The largest absolute Gasteiger partial charge is 0.394 e. The number of nitrogens with zero attached hydrogens (tertiary/aromatic N) is 2. The molecular weight excluding hydrogens is 200 g/mol. The first-order valence-electron chi connectivity index (χ1n) is 4.70. The Hall–Kier alpha value is -1.24. The van der Waals surface area contributed by atoms with Gasteiger partial charge in [0.15, 0.2) is 0 Å². The first kappa shape index (κ1) is 10.3. The predicted octanol–water partition coefficient (Wildman–Crippen LogP) is -1.12. The monoisotopic (exact) mass is 212 g/mol. The van der Waals surface area contributed by atoms with Gasteiger partial charge in [-0.1, -0.05) is 0 Å². The molecule has 2 heterocycles. The molecule has 82 valence electrons. The summed E-state index contributed by atoms with van der Waals surface area (Å²) in [4.78, 5) is 14.9. The second-order valence-corrected chi connectivity index (χ2v) is 3.42. The van der Waals surface area contributed by atoms with E-state index in [0.717, 1.165) is 0 Å². The highest BCUT2D eigenvalue weighted by atomic mass is 16.5. The molecule has 0 radical (unpaired) electrons. The number of aromatic nitrogens is 2. The molecule has 1 aliphatic rings. The molecular formula is C9H12N2O4. The van der Waals surface area contributed by atoms with Gasteiger partial charge in [-0.25, -0.2) is 9.78 Å². The number of hydrogen-bond acceptors (Lipinski definition) is 5. The summed E-state index contributed by atoms with van der Waals surface area (Å²) in [5.74, 6) is 0. The van der Waals surface area contributed by atoms with Gasteiger partial charge in [0.25, 0.3) is 0 Å². The maximum Gasteiger partial charge on any atom is 0.349 e. The fraction of sp³-hybridized carbons (Fsp3) is 0.556. The van der Waals surface area contributed by atoms with Crippen LogP contribution in [0.4, 0.5) is 0 Å². The quantitative estimate of drug-likeness (QED) is 0.649. The second kappa shape index (κ2) is 4.09. The molecule has 0 bridgehead atoms. The van der Waals surface area contributed by atoms with Crippen LogP contribution in [0.1, 0.15) is 12.6 Å². The SMILES string of the molecule is O=c1ncccn1[C@@H]1C[C@H](O)[C@@H](CO)O1. The summed E-state index contributed by atoms with van der Waals surface area (Å²) in [6.07, 6.45) is 1.32. The molecule has 2 N–H and O–H groups in total. The van der Waals surface area contributed by atoms with E-state index in [1.807, 2.05) is 0 Å². The van der Waals surface area contributed by atoms with Crippen molar-refractivity contribution in [1.29, 1.82) is 0 Å². The van der Waals surface area contributed by atoms with E-state index >= 15 is 0 Å². The summed E-state index contributed by atoms with van der Waals surface area (Å²) in [5.41, 5.74) is -0.423. The van der Waals surface area contributed by atoms with Crippen LogP contribution in [0.3, 0.4) is 0 Å². The molecule has 1 saturated heterocycles. The molecule has 6 nitrogen and oxygen atoms in total. The lowest BCUT2D eigenvalue weighted by atomic mass is 10.2. The lowest BCUT2D eigenvalue weighted by Gasteiger charge is -2.13. The molecule has 6 heteroatoms. The van der Waals surface area contributed by atoms with Crippen molar-refractivity contribution in [3.05, 3.63) is 28.9 Å². The lowest BCUT2D eigenvalue weighted by Crippen LogP contribution is -2.27. The van der Waals surface area contributed by atoms with E-state index in [4.69, 9.17) is 9.84 Å². The summed E-state index contributed by atoms with van der Waals surface area (Å²) in [6.45, 7) is -0.257. The van der Waals surface area contributed by atoms with Crippen molar-refractivity contribution < 1.29 is 14.9 Å². The summed E-state index contributed by atoms with van der Waals surface area (Å²) >= 11 is 0. The molecule has 1 aromatic heterocycles. The highest BCUT2D eigenvalue weighted by Gasteiger charge is 2.34. The van der Waals surface area contributed by atoms with Crippen LogP contribution in [0.25, 0.3) is 0 Å². The van der Waals surface area contributed by atoms with Crippen LogP contribution in [0, 0.1) is 0 Å². The first-order chi connectivity index (χ1) is 7.22. The number of aliphatic hydroxyl groups is 2. The van der Waals surface area contributed by atoms with Gasteiger partial charge in [0.2, 0.25) is 0 Å². The molecule has 0 spiro atoms. The Morgan fingerprint density at radius 2 is 2.47 bits per heavy atom. The minimum atomic E-state index is -0.743. The van der Waals surface area contributed by atoms with Crippen molar-refractivity contribution in [2.75, 3.05) is 6.61 Å². The Bertz CT molecular complexity index is 392. The van der Waals surface area contributed by atoms with E-state index < -0.39 is 24.1 Å². The van der Waals surface area contributed by atoms with Crippen molar-refractivity contribution in [3.8, 4) is 0 Å².